The molecular weight excluding hydrogens is 316 g/mol. The lowest BCUT2D eigenvalue weighted by molar-refractivity contribution is -0.384. The predicted octanol–water partition coefficient (Wildman–Crippen LogP) is 2.97. The molecule has 0 bridgehead atoms. The van der Waals surface area contributed by atoms with Gasteiger partial charge in [-0.25, -0.2) is 4.79 Å². The van der Waals surface area contributed by atoms with Gasteiger partial charge in [-0.05, 0) is 27.9 Å². The Hall–Kier alpha value is -1.63. The number of anilines is 1. The van der Waals surface area contributed by atoms with Gasteiger partial charge in [-0.1, -0.05) is 13.8 Å². The summed E-state index contributed by atoms with van der Waals surface area (Å²) in [5.41, 5.74) is 0.589. The van der Waals surface area contributed by atoms with Gasteiger partial charge in [0.25, 0.3) is 5.69 Å². The largest absolute Gasteiger partial charge is 0.467 e. The molecule has 104 valence electrons. The second-order valence-corrected chi connectivity index (χ2v) is 5.16. The lowest BCUT2D eigenvalue weighted by atomic mass is 10.0. The maximum absolute atomic E-state index is 11.6. The van der Waals surface area contributed by atoms with Crippen LogP contribution in [0, 0.1) is 16.0 Å². The number of esters is 1. The number of methoxy groups -OCH3 is 1. The molecule has 0 aliphatic carbocycles. The summed E-state index contributed by atoms with van der Waals surface area (Å²) in [5, 5.41) is 13.7. The fourth-order valence-electron chi connectivity index (χ4n) is 1.53. The third-order valence-corrected chi connectivity index (χ3v) is 3.25. The highest BCUT2D eigenvalue weighted by molar-refractivity contribution is 9.10. The molecule has 0 heterocycles. The van der Waals surface area contributed by atoms with Crippen LogP contribution in [-0.2, 0) is 9.53 Å². The van der Waals surface area contributed by atoms with Crippen LogP contribution in [0.3, 0.4) is 0 Å². The van der Waals surface area contributed by atoms with Crippen molar-refractivity contribution in [2.24, 2.45) is 5.92 Å². The Kier molecular flexibility index (Phi) is 5.29. The molecule has 0 fully saturated rings. The van der Waals surface area contributed by atoms with Gasteiger partial charge in [0, 0.05) is 22.3 Å². The van der Waals surface area contributed by atoms with E-state index < -0.39 is 11.0 Å². The average Bonchev–Trinajstić information content (AvgIpc) is 2.35. The van der Waals surface area contributed by atoms with Crippen molar-refractivity contribution in [3.05, 3.63) is 32.8 Å². The van der Waals surface area contributed by atoms with Gasteiger partial charge in [-0.3, -0.25) is 10.1 Å². The van der Waals surface area contributed by atoms with E-state index in [1.165, 1.54) is 19.2 Å². The highest BCUT2D eigenvalue weighted by Crippen LogP contribution is 2.28. The van der Waals surface area contributed by atoms with Crippen molar-refractivity contribution in [1.29, 1.82) is 0 Å². The number of carbonyl (C=O) groups is 1. The summed E-state index contributed by atoms with van der Waals surface area (Å²) in [6.45, 7) is 3.77. The number of nitro groups is 1. The molecule has 7 heteroatoms. The summed E-state index contributed by atoms with van der Waals surface area (Å²) in [4.78, 5) is 21.8. The van der Waals surface area contributed by atoms with E-state index in [1.807, 2.05) is 13.8 Å². The molecule has 0 aliphatic heterocycles. The summed E-state index contributed by atoms with van der Waals surface area (Å²) >= 11 is 3.25. The fourth-order valence-corrected chi connectivity index (χ4v) is 2.01. The zero-order valence-electron chi connectivity index (χ0n) is 10.8. The monoisotopic (exact) mass is 330 g/mol. The van der Waals surface area contributed by atoms with E-state index in [4.69, 9.17) is 4.74 Å². The lowest BCUT2D eigenvalue weighted by Crippen LogP contribution is -2.35. The average molecular weight is 331 g/mol. The zero-order valence-corrected chi connectivity index (χ0v) is 12.4. The standard InChI is InChI=1S/C12H15BrN2O4/c1-7(2)11(12(16)19-3)14-10-5-4-8(15(17)18)6-9(10)13/h4-7,11,14H,1-3H3. The Morgan fingerprint density at radius 1 is 1.47 bits per heavy atom. The molecule has 1 unspecified atom stereocenters. The van der Waals surface area contributed by atoms with Gasteiger partial charge >= 0.3 is 5.97 Å². The molecule has 0 saturated heterocycles. The van der Waals surface area contributed by atoms with Crippen molar-refractivity contribution in [3.8, 4) is 0 Å². The third-order valence-electron chi connectivity index (χ3n) is 2.60. The maximum Gasteiger partial charge on any atom is 0.328 e. The lowest BCUT2D eigenvalue weighted by Gasteiger charge is -2.21. The molecule has 0 aromatic heterocycles. The van der Waals surface area contributed by atoms with Gasteiger partial charge in [0.2, 0.25) is 0 Å². The van der Waals surface area contributed by atoms with Gasteiger partial charge < -0.3 is 10.1 Å². The van der Waals surface area contributed by atoms with E-state index in [0.29, 0.717) is 10.2 Å². The Morgan fingerprint density at radius 2 is 2.11 bits per heavy atom. The minimum Gasteiger partial charge on any atom is -0.467 e. The summed E-state index contributed by atoms with van der Waals surface area (Å²) < 4.78 is 5.25. The molecule has 6 nitrogen and oxygen atoms in total. The summed E-state index contributed by atoms with van der Waals surface area (Å²) in [6, 6.07) is 3.81. The van der Waals surface area contributed by atoms with E-state index in [-0.39, 0.29) is 17.6 Å². The first-order valence-electron chi connectivity index (χ1n) is 5.65. The number of nitro benzene ring substituents is 1. The molecule has 1 atom stereocenters. The normalized spacial score (nSPS) is 12.1. The van der Waals surface area contributed by atoms with Crippen LogP contribution in [-0.4, -0.2) is 24.0 Å². The van der Waals surface area contributed by atoms with Crippen LogP contribution in [0.4, 0.5) is 11.4 Å². The van der Waals surface area contributed by atoms with Crippen LogP contribution in [0.15, 0.2) is 22.7 Å². The SMILES string of the molecule is COC(=O)C(Nc1ccc([N+](=O)[O-])cc1Br)C(C)C. The molecule has 1 aromatic rings. The van der Waals surface area contributed by atoms with Crippen LogP contribution >= 0.6 is 15.9 Å². The third kappa shape index (κ3) is 3.92. The predicted molar refractivity (Wildman–Crippen MR) is 75.1 cm³/mol. The molecule has 0 amide bonds. The van der Waals surface area contributed by atoms with Crippen molar-refractivity contribution in [3.63, 3.8) is 0 Å². The van der Waals surface area contributed by atoms with Crippen molar-refractivity contribution < 1.29 is 14.5 Å². The number of halogens is 1. The maximum atomic E-state index is 11.6. The molecule has 1 N–H and O–H groups in total. The van der Waals surface area contributed by atoms with E-state index in [1.54, 1.807) is 6.07 Å². The van der Waals surface area contributed by atoms with Gasteiger partial charge in [0.15, 0.2) is 0 Å². The van der Waals surface area contributed by atoms with Crippen molar-refractivity contribution in [2.45, 2.75) is 19.9 Å². The van der Waals surface area contributed by atoms with E-state index >= 15 is 0 Å². The van der Waals surface area contributed by atoms with E-state index in [2.05, 4.69) is 21.2 Å². The van der Waals surface area contributed by atoms with Crippen molar-refractivity contribution in [1.82, 2.24) is 0 Å². The van der Waals surface area contributed by atoms with Gasteiger partial charge in [-0.15, -0.1) is 0 Å². The van der Waals surface area contributed by atoms with Crippen LogP contribution in [0.25, 0.3) is 0 Å². The second-order valence-electron chi connectivity index (χ2n) is 4.31. The Bertz CT molecular complexity index is 491. The number of nitrogens with one attached hydrogen (secondary N) is 1. The van der Waals surface area contributed by atoms with E-state index in [9.17, 15) is 14.9 Å². The highest BCUT2D eigenvalue weighted by Gasteiger charge is 2.23. The molecule has 0 saturated carbocycles. The smallest absolute Gasteiger partial charge is 0.328 e. The van der Waals surface area contributed by atoms with Crippen LogP contribution in [0.1, 0.15) is 13.8 Å². The number of carbonyl (C=O) groups excluding carboxylic acids is 1. The summed E-state index contributed by atoms with van der Waals surface area (Å²) in [5.74, 6) is -0.352. The zero-order chi connectivity index (χ0) is 14.6. The van der Waals surface area contributed by atoms with E-state index in [0.717, 1.165) is 0 Å². The highest BCUT2D eigenvalue weighted by atomic mass is 79.9. The molecule has 19 heavy (non-hydrogen) atoms. The van der Waals surface area contributed by atoms with Gasteiger partial charge in [-0.2, -0.15) is 0 Å². The second kappa shape index (κ2) is 6.51. The van der Waals surface area contributed by atoms with Crippen molar-refractivity contribution >= 4 is 33.3 Å². The number of ether oxygens (including phenoxy) is 1. The number of non-ortho nitro benzene ring substituents is 1. The minimum absolute atomic E-state index is 0.0170. The quantitative estimate of drug-likeness (QED) is 0.510. The number of hydrogen-bond acceptors (Lipinski definition) is 5. The molecule has 1 aromatic carbocycles. The number of hydrogen-bond donors (Lipinski definition) is 1. The molecule has 1 rings (SSSR count). The first kappa shape index (κ1) is 15.4. The number of nitrogens with zero attached hydrogens (tertiary/aromatic N) is 1. The molecule has 0 spiro atoms. The Labute approximate surface area is 119 Å². The molecule has 0 radical (unpaired) electrons. The Balaban J connectivity index is 2.97. The first-order valence-corrected chi connectivity index (χ1v) is 6.44. The number of benzene rings is 1. The molecule has 0 aliphatic rings. The van der Waals surface area contributed by atoms with Crippen molar-refractivity contribution in [2.75, 3.05) is 12.4 Å². The van der Waals surface area contributed by atoms with Crippen LogP contribution in [0.5, 0.6) is 0 Å². The van der Waals surface area contributed by atoms with Gasteiger partial charge in [0.1, 0.15) is 6.04 Å². The van der Waals surface area contributed by atoms with Crippen LogP contribution < -0.4 is 5.32 Å². The Morgan fingerprint density at radius 3 is 2.53 bits per heavy atom. The summed E-state index contributed by atoms with van der Waals surface area (Å²) in [6.07, 6.45) is 0. The van der Waals surface area contributed by atoms with Crippen LogP contribution in [0.2, 0.25) is 0 Å². The summed E-state index contributed by atoms with van der Waals surface area (Å²) in [7, 11) is 1.32. The minimum atomic E-state index is -0.511. The first-order chi connectivity index (χ1) is 8.86. The topological polar surface area (TPSA) is 81.5 Å². The van der Waals surface area contributed by atoms with Gasteiger partial charge in [0.05, 0.1) is 12.0 Å². The molecular formula is C12H15BrN2O4. The fraction of sp³-hybridized carbons (Fsp3) is 0.417. The number of rotatable bonds is 5.